The minimum atomic E-state index is 0.154. The fourth-order valence-electron chi connectivity index (χ4n) is 2.83. The van der Waals surface area contributed by atoms with Crippen LogP contribution in [-0.4, -0.2) is 37.5 Å². The molecule has 4 heteroatoms. The largest absolute Gasteiger partial charge is 0.384 e. The van der Waals surface area contributed by atoms with Crippen LogP contribution in [0.1, 0.15) is 24.0 Å². The highest BCUT2D eigenvalue weighted by molar-refractivity contribution is 5.96. The highest BCUT2D eigenvalue weighted by atomic mass is 16.5. The lowest BCUT2D eigenvalue weighted by molar-refractivity contribution is 0.0873. The van der Waals surface area contributed by atoms with Gasteiger partial charge >= 0.3 is 0 Å². The van der Waals surface area contributed by atoms with Crippen molar-refractivity contribution < 1.29 is 4.74 Å². The van der Waals surface area contributed by atoms with E-state index in [0.29, 0.717) is 5.92 Å². The molecule has 19 heavy (non-hydrogen) atoms. The first kappa shape index (κ1) is 14.0. The van der Waals surface area contributed by atoms with Gasteiger partial charge in [0.05, 0.1) is 6.61 Å². The van der Waals surface area contributed by atoms with Crippen LogP contribution in [0.2, 0.25) is 0 Å². The van der Waals surface area contributed by atoms with Gasteiger partial charge in [-0.05, 0) is 30.9 Å². The first-order valence-corrected chi connectivity index (χ1v) is 6.84. The Morgan fingerprint density at radius 1 is 1.47 bits per heavy atom. The zero-order valence-corrected chi connectivity index (χ0v) is 11.6. The lowest BCUT2D eigenvalue weighted by Gasteiger charge is -2.32. The van der Waals surface area contributed by atoms with Crippen molar-refractivity contribution in [2.45, 2.75) is 19.4 Å². The zero-order chi connectivity index (χ0) is 13.7. The van der Waals surface area contributed by atoms with Gasteiger partial charge in [0.1, 0.15) is 5.84 Å². The molecule has 0 spiro atoms. The summed E-state index contributed by atoms with van der Waals surface area (Å²) in [6.45, 7) is 3.90. The second kappa shape index (κ2) is 6.68. The zero-order valence-electron chi connectivity index (χ0n) is 11.6. The van der Waals surface area contributed by atoms with Gasteiger partial charge in [-0.15, -0.1) is 0 Å². The van der Waals surface area contributed by atoms with Gasteiger partial charge < -0.3 is 10.5 Å². The monoisotopic (exact) mass is 261 g/mol. The summed E-state index contributed by atoms with van der Waals surface area (Å²) in [6, 6.07) is 7.94. The quantitative estimate of drug-likeness (QED) is 0.628. The Morgan fingerprint density at radius 2 is 2.26 bits per heavy atom. The number of nitrogens with zero attached hydrogens (tertiary/aromatic N) is 1. The Labute approximate surface area is 115 Å². The molecule has 1 unspecified atom stereocenters. The lowest BCUT2D eigenvalue weighted by atomic mass is 9.97. The first-order valence-electron chi connectivity index (χ1n) is 6.84. The molecule has 1 atom stereocenters. The van der Waals surface area contributed by atoms with Gasteiger partial charge in [0.25, 0.3) is 0 Å². The summed E-state index contributed by atoms with van der Waals surface area (Å²) in [5, 5.41) is 7.64. The SMILES string of the molecule is COCC1CCCN(Cc2ccccc2C(=N)N)C1. The van der Waals surface area contributed by atoms with Crippen LogP contribution in [0.4, 0.5) is 0 Å². The van der Waals surface area contributed by atoms with Gasteiger partial charge in [-0.2, -0.15) is 0 Å². The van der Waals surface area contributed by atoms with Crippen LogP contribution in [0, 0.1) is 11.3 Å². The van der Waals surface area contributed by atoms with Crippen molar-refractivity contribution in [2.24, 2.45) is 11.7 Å². The van der Waals surface area contributed by atoms with Gasteiger partial charge in [0.2, 0.25) is 0 Å². The van der Waals surface area contributed by atoms with E-state index in [-0.39, 0.29) is 5.84 Å². The summed E-state index contributed by atoms with van der Waals surface area (Å²) in [7, 11) is 1.77. The average Bonchev–Trinajstić information content (AvgIpc) is 2.40. The maximum Gasteiger partial charge on any atom is 0.123 e. The first-order chi connectivity index (χ1) is 9.20. The number of amidine groups is 1. The van der Waals surface area contributed by atoms with Crippen molar-refractivity contribution in [3.05, 3.63) is 35.4 Å². The Balaban J connectivity index is 2.02. The molecule has 1 aliphatic heterocycles. The molecule has 0 saturated carbocycles. The van der Waals surface area contributed by atoms with Crippen molar-refractivity contribution in [1.29, 1.82) is 5.41 Å². The number of nitrogen functional groups attached to an aromatic ring is 1. The van der Waals surface area contributed by atoms with Gasteiger partial charge in [0, 0.05) is 25.8 Å². The third-order valence-corrected chi connectivity index (χ3v) is 3.71. The third kappa shape index (κ3) is 3.78. The molecule has 1 fully saturated rings. The van der Waals surface area contributed by atoms with E-state index in [2.05, 4.69) is 11.0 Å². The van der Waals surface area contributed by atoms with Crippen LogP contribution in [0.3, 0.4) is 0 Å². The number of nitrogens with two attached hydrogens (primary N) is 1. The summed E-state index contributed by atoms with van der Waals surface area (Å²) in [5.74, 6) is 0.782. The number of benzene rings is 1. The fourth-order valence-corrected chi connectivity index (χ4v) is 2.83. The van der Waals surface area contributed by atoms with Gasteiger partial charge in [-0.3, -0.25) is 10.3 Å². The van der Waals surface area contributed by atoms with Crippen LogP contribution in [0.15, 0.2) is 24.3 Å². The summed E-state index contributed by atoms with van der Waals surface area (Å²) in [5.41, 5.74) is 7.64. The lowest BCUT2D eigenvalue weighted by Crippen LogP contribution is -2.37. The molecule has 1 aliphatic rings. The molecule has 0 amide bonds. The van der Waals surface area contributed by atoms with Gasteiger partial charge in [0.15, 0.2) is 0 Å². The van der Waals surface area contributed by atoms with Crippen LogP contribution in [0.5, 0.6) is 0 Å². The minimum Gasteiger partial charge on any atom is -0.384 e. The number of methoxy groups -OCH3 is 1. The number of nitrogens with one attached hydrogen (secondary N) is 1. The van der Waals surface area contributed by atoms with Crippen LogP contribution in [-0.2, 0) is 11.3 Å². The van der Waals surface area contributed by atoms with Crippen molar-refractivity contribution in [1.82, 2.24) is 4.90 Å². The van der Waals surface area contributed by atoms with E-state index in [4.69, 9.17) is 15.9 Å². The Kier molecular flexibility index (Phi) is 4.93. The fraction of sp³-hybridized carbons (Fsp3) is 0.533. The Bertz CT molecular complexity index is 431. The average molecular weight is 261 g/mol. The molecule has 104 valence electrons. The molecule has 0 aliphatic carbocycles. The van der Waals surface area contributed by atoms with E-state index in [1.54, 1.807) is 7.11 Å². The van der Waals surface area contributed by atoms with Crippen LogP contribution in [0.25, 0.3) is 0 Å². The standard InChI is InChI=1S/C15H23N3O/c1-19-11-12-5-4-8-18(9-12)10-13-6-2-3-7-14(13)15(16)17/h2-3,6-7,12H,4-5,8-11H2,1H3,(H3,16,17). The van der Waals surface area contributed by atoms with E-state index >= 15 is 0 Å². The van der Waals surface area contributed by atoms with Crippen molar-refractivity contribution in [3.8, 4) is 0 Å². The molecule has 4 nitrogen and oxygen atoms in total. The molecule has 0 aromatic heterocycles. The molecule has 1 aromatic carbocycles. The maximum absolute atomic E-state index is 7.64. The second-order valence-electron chi connectivity index (χ2n) is 5.27. The topological polar surface area (TPSA) is 62.3 Å². The molecule has 3 N–H and O–H groups in total. The highest BCUT2D eigenvalue weighted by Gasteiger charge is 2.20. The maximum atomic E-state index is 7.64. The molecular weight excluding hydrogens is 238 g/mol. The predicted molar refractivity (Wildman–Crippen MR) is 77.3 cm³/mol. The van der Waals surface area contributed by atoms with Crippen LogP contribution < -0.4 is 5.73 Å². The van der Waals surface area contributed by atoms with Crippen molar-refractivity contribution in [2.75, 3.05) is 26.8 Å². The molecule has 1 saturated heterocycles. The molecule has 1 heterocycles. The summed E-state index contributed by atoms with van der Waals surface area (Å²) in [6.07, 6.45) is 2.47. The number of ether oxygens (including phenoxy) is 1. The van der Waals surface area contributed by atoms with E-state index in [1.165, 1.54) is 12.8 Å². The van der Waals surface area contributed by atoms with E-state index in [0.717, 1.165) is 37.4 Å². The normalized spacial score (nSPS) is 20.4. The van der Waals surface area contributed by atoms with E-state index < -0.39 is 0 Å². The molecule has 0 radical (unpaired) electrons. The summed E-state index contributed by atoms with van der Waals surface area (Å²) in [4.78, 5) is 2.44. The number of hydrogen-bond acceptors (Lipinski definition) is 3. The molecular formula is C15H23N3O. The predicted octanol–water partition coefficient (Wildman–Crippen LogP) is 1.83. The van der Waals surface area contributed by atoms with Crippen LogP contribution >= 0.6 is 0 Å². The smallest absolute Gasteiger partial charge is 0.123 e. The number of piperidine rings is 1. The number of hydrogen-bond donors (Lipinski definition) is 2. The van der Waals surface area contributed by atoms with E-state index in [9.17, 15) is 0 Å². The van der Waals surface area contributed by atoms with Gasteiger partial charge in [-0.1, -0.05) is 24.3 Å². The van der Waals surface area contributed by atoms with Gasteiger partial charge in [-0.25, -0.2) is 0 Å². The van der Waals surface area contributed by atoms with Crippen molar-refractivity contribution in [3.63, 3.8) is 0 Å². The molecule has 0 bridgehead atoms. The summed E-state index contributed by atoms with van der Waals surface area (Å²) < 4.78 is 5.26. The van der Waals surface area contributed by atoms with Crippen molar-refractivity contribution >= 4 is 5.84 Å². The Morgan fingerprint density at radius 3 is 3.00 bits per heavy atom. The second-order valence-corrected chi connectivity index (χ2v) is 5.27. The molecule has 1 aromatic rings. The number of rotatable bonds is 5. The third-order valence-electron chi connectivity index (χ3n) is 3.71. The minimum absolute atomic E-state index is 0.154. The van der Waals surface area contributed by atoms with E-state index in [1.807, 2.05) is 18.2 Å². The Hall–Kier alpha value is -1.39. The number of likely N-dealkylation sites (tertiary alicyclic amines) is 1. The highest BCUT2D eigenvalue weighted by Crippen LogP contribution is 2.20. The summed E-state index contributed by atoms with van der Waals surface area (Å²) >= 11 is 0. The molecule has 2 rings (SSSR count).